The van der Waals surface area contributed by atoms with Crippen LogP contribution >= 0.6 is 0 Å². The van der Waals surface area contributed by atoms with Crippen LogP contribution in [0.4, 0.5) is 0 Å². The Kier molecular flexibility index (Phi) is 16.3. The Morgan fingerprint density at radius 1 is 0.725 bits per heavy atom. The summed E-state index contributed by atoms with van der Waals surface area (Å²) in [6.07, 6.45) is 1.97. The van der Waals surface area contributed by atoms with Gasteiger partial charge in [-0.05, 0) is 62.1 Å². The summed E-state index contributed by atoms with van der Waals surface area (Å²) in [5.41, 5.74) is 1.53. The third-order valence-electron chi connectivity index (χ3n) is 5.57. The molecule has 0 aliphatic carbocycles. The number of rotatable bonds is 15. The van der Waals surface area contributed by atoms with Crippen molar-refractivity contribution in [3.8, 4) is 23.0 Å². The first-order valence-corrected chi connectivity index (χ1v) is 13.5. The lowest BCUT2D eigenvalue weighted by Gasteiger charge is -2.19. The van der Waals surface area contributed by atoms with Gasteiger partial charge in [0.15, 0.2) is 29.6 Å². The van der Waals surface area contributed by atoms with E-state index in [1.54, 1.807) is 35.2 Å². The minimum atomic E-state index is -0.274. The van der Waals surface area contributed by atoms with E-state index < -0.39 is 0 Å². The molecule has 2 rings (SSSR count). The first kappa shape index (κ1) is 34.1. The van der Waals surface area contributed by atoms with Gasteiger partial charge in [-0.2, -0.15) is 0 Å². The fourth-order valence-electron chi connectivity index (χ4n) is 3.45. The van der Waals surface area contributed by atoms with Crippen LogP contribution in [-0.2, 0) is 36.7 Å². The highest BCUT2D eigenvalue weighted by Gasteiger charge is 2.14. The molecule has 2 aromatic carbocycles. The Hall–Kier alpha value is -3.95. The van der Waals surface area contributed by atoms with Crippen molar-refractivity contribution in [2.24, 2.45) is 0 Å². The molecule has 0 unspecified atom stereocenters. The van der Waals surface area contributed by atoms with Gasteiger partial charge >= 0.3 is 11.9 Å². The number of hydrogen-bond donors (Lipinski definition) is 1. The Morgan fingerprint density at radius 3 is 1.70 bits per heavy atom. The second-order valence-corrected chi connectivity index (χ2v) is 8.64. The normalized spacial score (nSPS) is 10.1. The highest BCUT2D eigenvalue weighted by Crippen LogP contribution is 2.28. The lowest BCUT2D eigenvalue weighted by Crippen LogP contribution is -2.34. The average Bonchev–Trinajstić information content (AvgIpc) is 2.96. The van der Waals surface area contributed by atoms with Crippen LogP contribution < -0.4 is 14.2 Å². The van der Waals surface area contributed by atoms with Crippen molar-refractivity contribution in [2.45, 2.75) is 53.4 Å². The summed E-state index contributed by atoms with van der Waals surface area (Å²) in [7, 11) is 2.99. The maximum atomic E-state index is 12.0. The standard InChI is InChI=1S/C18H27NO5.C12H16O4/c1-5-10-23-18(21)12-14-8-9-15(16(11-14)22-4)24-13-17(20)19(6-2)7-3;1-3-6-16-12(14)8-9-4-5-10(13)11(7-9)15-2/h8-9,11H,5-7,10,12-13H2,1-4H3;4-5,7,13H,3,6,8H2,1-2H3. The molecular formula is C30H43NO9. The number of likely N-dealkylation sites (N-methyl/N-ethyl adjacent to an activating group) is 1. The van der Waals surface area contributed by atoms with Crippen molar-refractivity contribution in [3.05, 3.63) is 47.5 Å². The van der Waals surface area contributed by atoms with Gasteiger partial charge in [0.2, 0.25) is 0 Å². The molecule has 0 heterocycles. The van der Waals surface area contributed by atoms with Crippen LogP contribution in [0.15, 0.2) is 36.4 Å². The van der Waals surface area contributed by atoms with Gasteiger partial charge in [0.1, 0.15) is 0 Å². The summed E-state index contributed by atoms with van der Waals surface area (Å²) in [6, 6.07) is 10.0. The van der Waals surface area contributed by atoms with E-state index in [1.807, 2.05) is 27.7 Å². The molecule has 10 heteroatoms. The zero-order valence-electron chi connectivity index (χ0n) is 24.5. The molecule has 2 aromatic rings. The predicted molar refractivity (Wildman–Crippen MR) is 151 cm³/mol. The highest BCUT2D eigenvalue weighted by molar-refractivity contribution is 5.78. The molecule has 0 saturated heterocycles. The zero-order valence-corrected chi connectivity index (χ0v) is 24.5. The molecule has 1 N–H and O–H groups in total. The van der Waals surface area contributed by atoms with Crippen LogP contribution in [0.2, 0.25) is 0 Å². The molecule has 222 valence electrons. The van der Waals surface area contributed by atoms with E-state index in [-0.39, 0.29) is 43.0 Å². The fourth-order valence-corrected chi connectivity index (χ4v) is 3.45. The minimum Gasteiger partial charge on any atom is -0.504 e. The van der Waals surface area contributed by atoms with Gasteiger partial charge in [0.05, 0.1) is 40.3 Å². The Bertz CT molecular complexity index is 1070. The van der Waals surface area contributed by atoms with Gasteiger partial charge in [-0.3, -0.25) is 14.4 Å². The minimum absolute atomic E-state index is 0.0457. The summed E-state index contributed by atoms with van der Waals surface area (Å²) in [5, 5.41) is 9.37. The van der Waals surface area contributed by atoms with Crippen LogP contribution in [0.25, 0.3) is 0 Å². The molecular weight excluding hydrogens is 518 g/mol. The van der Waals surface area contributed by atoms with Crippen LogP contribution in [-0.4, -0.2) is 75.0 Å². The van der Waals surface area contributed by atoms with Crippen molar-refractivity contribution in [3.63, 3.8) is 0 Å². The number of aromatic hydroxyl groups is 1. The van der Waals surface area contributed by atoms with E-state index in [9.17, 15) is 19.5 Å². The highest BCUT2D eigenvalue weighted by atomic mass is 16.5. The predicted octanol–water partition coefficient (Wildman–Crippen LogP) is 4.33. The first-order valence-electron chi connectivity index (χ1n) is 13.5. The van der Waals surface area contributed by atoms with Gasteiger partial charge in [-0.25, -0.2) is 0 Å². The molecule has 0 aliphatic heterocycles. The van der Waals surface area contributed by atoms with Crippen molar-refractivity contribution < 1.29 is 43.2 Å². The molecule has 0 spiro atoms. The number of ether oxygens (including phenoxy) is 5. The summed E-state index contributed by atoms with van der Waals surface area (Å²) < 4.78 is 25.8. The lowest BCUT2D eigenvalue weighted by molar-refractivity contribution is -0.143. The molecule has 0 bridgehead atoms. The second kappa shape index (κ2) is 19.2. The molecule has 1 amide bonds. The van der Waals surface area contributed by atoms with Crippen molar-refractivity contribution in [1.29, 1.82) is 0 Å². The number of carbonyl (C=O) groups is 3. The van der Waals surface area contributed by atoms with E-state index in [0.29, 0.717) is 43.6 Å². The molecule has 0 aliphatic rings. The van der Waals surface area contributed by atoms with Crippen molar-refractivity contribution in [1.82, 2.24) is 4.90 Å². The topological polar surface area (TPSA) is 121 Å². The number of benzene rings is 2. The smallest absolute Gasteiger partial charge is 0.310 e. The zero-order chi connectivity index (χ0) is 29.9. The molecule has 0 radical (unpaired) electrons. The monoisotopic (exact) mass is 561 g/mol. The number of amides is 1. The summed E-state index contributed by atoms with van der Waals surface area (Å²) in [4.78, 5) is 36.7. The van der Waals surface area contributed by atoms with Gasteiger partial charge in [-0.1, -0.05) is 26.0 Å². The summed E-state index contributed by atoms with van der Waals surface area (Å²) >= 11 is 0. The number of nitrogens with zero attached hydrogens (tertiary/aromatic N) is 1. The maximum Gasteiger partial charge on any atom is 0.310 e. The molecule has 0 fully saturated rings. The van der Waals surface area contributed by atoms with Crippen molar-refractivity contribution in [2.75, 3.05) is 47.1 Å². The number of methoxy groups -OCH3 is 2. The molecule has 0 atom stereocenters. The van der Waals surface area contributed by atoms with E-state index in [4.69, 9.17) is 23.7 Å². The Balaban J connectivity index is 0.000000433. The first-order chi connectivity index (χ1) is 19.2. The third-order valence-corrected chi connectivity index (χ3v) is 5.57. The molecule has 40 heavy (non-hydrogen) atoms. The van der Waals surface area contributed by atoms with Gasteiger partial charge in [-0.15, -0.1) is 0 Å². The van der Waals surface area contributed by atoms with E-state index in [1.165, 1.54) is 20.3 Å². The Labute approximate surface area is 237 Å². The number of esters is 2. The second-order valence-electron chi connectivity index (χ2n) is 8.64. The van der Waals surface area contributed by atoms with Crippen molar-refractivity contribution >= 4 is 17.8 Å². The number of phenols is 1. The SMILES string of the molecule is CCCOC(=O)Cc1ccc(O)c(OC)c1.CCCOC(=O)Cc1ccc(OCC(=O)N(CC)CC)c(OC)c1. The van der Waals surface area contributed by atoms with Gasteiger partial charge in [0, 0.05) is 13.1 Å². The summed E-state index contributed by atoms with van der Waals surface area (Å²) in [5.74, 6) is 0.772. The van der Waals surface area contributed by atoms with E-state index in [2.05, 4.69) is 0 Å². The fraction of sp³-hybridized carbons (Fsp3) is 0.500. The van der Waals surface area contributed by atoms with E-state index >= 15 is 0 Å². The molecule has 0 aromatic heterocycles. The largest absolute Gasteiger partial charge is 0.504 e. The molecule has 10 nitrogen and oxygen atoms in total. The van der Waals surface area contributed by atoms with Crippen LogP contribution in [0, 0.1) is 0 Å². The van der Waals surface area contributed by atoms with Gasteiger partial charge in [0.25, 0.3) is 5.91 Å². The van der Waals surface area contributed by atoms with Gasteiger partial charge < -0.3 is 33.7 Å². The Morgan fingerprint density at radius 2 is 1.23 bits per heavy atom. The summed E-state index contributed by atoms with van der Waals surface area (Å²) in [6.45, 7) is 9.85. The number of carbonyl (C=O) groups excluding carboxylic acids is 3. The van der Waals surface area contributed by atoms with Crippen LogP contribution in [0.3, 0.4) is 0 Å². The number of phenolic OH excluding ortho intramolecular Hbond substituents is 1. The molecule has 0 saturated carbocycles. The number of hydrogen-bond acceptors (Lipinski definition) is 9. The van der Waals surface area contributed by atoms with E-state index in [0.717, 1.165) is 24.0 Å². The third kappa shape index (κ3) is 12.3. The van der Waals surface area contributed by atoms with Crippen LogP contribution in [0.1, 0.15) is 51.7 Å². The average molecular weight is 562 g/mol. The van der Waals surface area contributed by atoms with Crippen LogP contribution in [0.5, 0.6) is 23.0 Å². The maximum absolute atomic E-state index is 12.0. The lowest BCUT2D eigenvalue weighted by atomic mass is 10.1. The quantitative estimate of drug-likeness (QED) is 0.317.